The predicted octanol–water partition coefficient (Wildman–Crippen LogP) is 2.96. The van der Waals surface area contributed by atoms with Gasteiger partial charge in [0.15, 0.2) is 0 Å². The Morgan fingerprint density at radius 2 is 1.92 bits per heavy atom. The highest BCUT2D eigenvalue weighted by molar-refractivity contribution is 6.01. The molecular formula is C26H22N10O. The van der Waals surface area contributed by atoms with Gasteiger partial charge in [0.25, 0.3) is 5.56 Å². The van der Waals surface area contributed by atoms with E-state index in [1.807, 2.05) is 12.1 Å². The molecule has 4 N–H and O–H groups in total. The second-order valence-electron chi connectivity index (χ2n) is 9.37. The molecule has 0 radical (unpaired) electrons. The van der Waals surface area contributed by atoms with Crippen molar-refractivity contribution in [2.45, 2.75) is 0 Å². The first-order valence-electron chi connectivity index (χ1n) is 12.0. The minimum absolute atomic E-state index is 0.304. The molecule has 0 saturated carbocycles. The number of H-pyrrole nitrogens is 4. The summed E-state index contributed by atoms with van der Waals surface area (Å²) in [5, 5.41) is 18.4. The standard InChI is InChI=1S/C26H22N10O/c1-35-4-6-36(7-5-35)15-2-3-18-19(9-15)32-25(31-18)22-24-17(12-29-26(22)37)16(10-27)23(33-24)20-8-14-11-30-34-21(14)13-28-20/h2-3,8-9,11-13,33H,4-7H2,1H3,(H,29,37)(H,30,34)(H,31,32). The maximum absolute atomic E-state index is 13.1. The average Bonchev–Trinajstić information content (AvgIpc) is 3.64. The number of likely N-dealkylation sites (N-methyl/N-ethyl adjacent to an activating group) is 1. The third kappa shape index (κ3) is 3.38. The van der Waals surface area contributed by atoms with Crippen molar-refractivity contribution >= 4 is 38.5 Å². The van der Waals surface area contributed by atoms with Crippen molar-refractivity contribution in [3.63, 3.8) is 0 Å². The van der Waals surface area contributed by atoms with E-state index < -0.39 is 0 Å². The van der Waals surface area contributed by atoms with Crippen molar-refractivity contribution < 1.29 is 0 Å². The predicted molar refractivity (Wildman–Crippen MR) is 141 cm³/mol. The largest absolute Gasteiger partial charge is 0.369 e. The van der Waals surface area contributed by atoms with Gasteiger partial charge in [0.2, 0.25) is 0 Å². The Morgan fingerprint density at radius 3 is 2.76 bits per heavy atom. The number of hydrogen-bond acceptors (Lipinski definition) is 7. The van der Waals surface area contributed by atoms with E-state index in [0.717, 1.165) is 53.8 Å². The van der Waals surface area contributed by atoms with Gasteiger partial charge in [-0.15, -0.1) is 0 Å². The number of nitriles is 1. The molecule has 0 spiro atoms. The monoisotopic (exact) mass is 490 g/mol. The summed E-state index contributed by atoms with van der Waals surface area (Å²) in [6, 6.07) is 10.3. The van der Waals surface area contributed by atoms with Crippen molar-refractivity contribution in [2.24, 2.45) is 0 Å². The van der Waals surface area contributed by atoms with Crippen LogP contribution < -0.4 is 10.5 Å². The molecule has 1 fully saturated rings. The maximum atomic E-state index is 13.1. The number of rotatable bonds is 3. The van der Waals surface area contributed by atoms with E-state index in [9.17, 15) is 10.1 Å². The second kappa shape index (κ2) is 8.04. The van der Waals surface area contributed by atoms with Crippen LogP contribution in [0.4, 0.5) is 5.69 Å². The van der Waals surface area contributed by atoms with Crippen molar-refractivity contribution in [3.05, 3.63) is 58.8 Å². The number of piperazine rings is 1. The van der Waals surface area contributed by atoms with Gasteiger partial charge in [0.05, 0.1) is 51.4 Å². The number of imidazole rings is 1. The lowest BCUT2D eigenvalue weighted by Gasteiger charge is -2.34. The normalized spacial score (nSPS) is 14.6. The molecule has 0 bridgehead atoms. The lowest BCUT2D eigenvalue weighted by atomic mass is 10.1. The summed E-state index contributed by atoms with van der Waals surface area (Å²) in [5.41, 5.74) is 5.63. The Labute approximate surface area is 209 Å². The number of anilines is 1. The van der Waals surface area contributed by atoms with Crippen LogP contribution in [0.15, 0.2) is 47.7 Å². The van der Waals surface area contributed by atoms with Crippen molar-refractivity contribution in [1.82, 2.24) is 40.0 Å². The van der Waals surface area contributed by atoms with Crippen LogP contribution in [0.5, 0.6) is 0 Å². The van der Waals surface area contributed by atoms with E-state index in [0.29, 0.717) is 39.2 Å². The smallest absolute Gasteiger partial charge is 0.261 e. The minimum Gasteiger partial charge on any atom is -0.369 e. The Bertz CT molecular complexity index is 1910. The highest BCUT2D eigenvalue weighted by Gasteiger charge is 2.22. The molecule has 6 heterocycles. The topological polar surface area (TPSA) is 149 Å². The molecule has 1 aliphatic heterocycles. The van der Waals surface area contributed by atoms with Crippen LogP contribution in [0.1, 0.15) is 5.56 Å². The molecular weight excluding hydrogens is 468 g/mol. The average molecular weight is 491 g/mol. The van der Waals surface area contributed by atoms with Crippen LogP contribution in [-0.4, -0.2) is 73.2 Å². The lowest BCUT2D eigenvalue weighted by molar-refractivity contribution is 0.313. The number of benzene rings is 1. The summed E-state index contributed by atoms with van der Waals surface area (Å²) in [6.07, 6.45) is 4.94. The Kier molecular flexibility index (Phi) is 4.64. The zero-order valence-corrected chi connectivity index (χ0v) is 20.0. The SMILES string of the molecule is CN1CCN(c2ccc3nc(-c4c(=O)[nH]cc5c(C#N)c(-c6cc7cn[nH]c7cn6)[nH]c45)[nH]c3c2)CC1. The van der Waals surface area contributed by atoms with E-state index in [4.69, 9.17) is 4.98 Å². The van der Waals surface area contributed by atoms with Gasteiger partial charge in [0, 0.05) is 48.8 Å². The zero-order chi connectivity index (χ0) is 25.1. The summed E-state index contributed by atoms with van der Waals surface area (Å²) < 4.78 is 0. The highest BCUT2D eigenvalue weighted by atomic mass is 16.1. The van der Waals surface area contributed by atoms with Crippen molar-refractivity contribution in [2.75, 3.05) is 38.1 Å². The van der Waals surface area contributed by atoms with Crippen molar-refractivity contribution in [3.8, 4) is 28.8 Å². The van der Waals surface area contributed by atoms with Crippen LogP contribution in [0.2, 0.25) is 0 Å². The summed E-state index contributed by atoms with van der Waals surface area (Å²) in [6.45, 7) is 3.95. The molecule has 1 aliphatic rings. The molecule has 182 valence electrons. The first-order chi connectivity index (χ1) is 18.1. The number of aromatic nitrogens is 7. The van der Waals surface area contributed by atoms with Gasteiger partial charge in [-0.3, -0.25) is 14.9 Å². The van der Waals surface area contributed by atoms with Crippen LogP contribution in [0.3, 0.4) is 0 Å². The van der Waals surface area contributed by atoms with Crippen LogP contribution in [0.25, 0.3) is 55.6 Å². The van der Waals surface area contributed by atoms with Gasteiger partial charge in [0.1, 0.15) is 17.5 Å². The van der Waals surface area contributed by atoms with E-state index >= 15 is 0 Å². The molecule has 37 heavy (non-hydrogen) atoms. The van der Waals surface area contributed by atoms with E-state index in [-0.39, 0.29) is 5.56 Å². The lowest BCUT2D eigenvalue weighted by Crippen LogP contribution is -2.44. The maximum Gasteiger partial charge on any atom is 0.261 e. The van der Waals surface area contributed by atoms with Gasteiger partial charge in [-0.25, -0.2) is 4.98 Å². The quantitative estimate of drug-likeness (QED) is 0.298. The van der Waals surface area contributed by atoms with Crippen LogP contribution in [0, 0.1) is 11.3 Å². The Balaban J connectivity index is 1.36. The van der Waals surface area contributed by atoms with E-state index in [1.165, 1.54) is 0 Å². The molecule has 7 rings (SSSR count). The second-order valence-corrected chi connectivity index (χ2v) is 9.37. The van der Waals surface area contributed by atoms with Crippen molar-refractivity contribution in [1.29, 1.82) is 5.26 Å². The van der Waals surface area contributed by atoms with E-state index in [1.54, 1.807) is 18.6 Å². The van der Waals surface area contributed by atoms with Gasteiger partial charge >= 0.3 is 0 Å². The summed E-state index contributed by atoms with van der Waals surface area (Å²) in [4.78, 5) is 36.4. The number of fused-ring (bicyclic) bond motifs is 3. The molecule has 11 nitrogen and oxygen atoms in total. The molecule has 5 aromatic heterocycles. The van der Waals surface area contributed by atoms with Gasteiger partial charge in [-0.1, -0.05) is 0 Å². The molecule has 11 heteroatoms. The molecule has 0 unspecified atom stereocenters. The fraction of sp³-hybridized carbons (Fsp3) is 0.192. The zero-order valence-electron chi connectivity index (χ0n) is 20.0. The number of aromatic amines is 4. The number of hydrogen-bond donors (Lipinski definition) is 4. The van der Waals surface area contributed by atoms with Gasteiger partial charge < -0.3 is 24.8 Å². The van der Waals surface area contributed by atoms with E-state index in [2.05, 4.69) is 65.2 Å². The minimum atomic E-state index is -0.304. The highest BCUT2D eigenvalue weighted by Crippen LogP contribution is 2.33. The third-order valence-electron chi connectivity index (χ3n) is 7.13. The molecule has 6 aromatic rings. The Hall–Kier alpha value is -4.95. The fourth-order valence-corrected chi connectivity index (χ4v) is 5.07. The van der Waals surface area contributed by atoms with Crippen LogP contribution >= 0.6 is 0 Å². The molecule has 0 atom stereocenters. The number of pyridine rings is 2. The summed E-state index contributed by atoms with van der Waals surface area (Å²) in [7, 11) is 2.13. The third-order valence-corrected chi connectivity index (χ3v) is 7.13. The molecule has 0 aliphatic carbocycles. The Morgan fingerprint density at radius 1 is 1.05 bits per heavy atom. The number of nitrogens with zero attached hydrogens (tertiary/aromatic N) is 6. The van der Waals surface area contributed by atoms with Gasteiger partial charge in [-0.05, 0) is 31.3 Å². The first kappa shape index (κ1) is 21.3. The summed E-state index contributed by atoms with van der Waals surface area (Å²) >= 11 is 0. The molecule has 1 aromatic carbocycles. The number of nitrogens with one attached hydrogen (secondary N) is 4. The first-order valence-corrected chi connectivity index (χ1v) is 12.0. The van der Waals surface area contributed by atoms with Gasteiger partial charge in [-0.2, -0.15) is 10.4 Å². The van der Waals surface area contributed by atoms with Crippen LogP contribution in [-0.2, 0) is 0 Å². The summed E-state index contributed by atoms with van der Waals surface area (Å²) in [5.74, 6) is 0.438. The molecule has 0 amide bonds. The fourth-order valence-electron chi connectivity index (χ4n) is 5.07. The molecule has 1 saturated heterocycles.